The summed E-state index contributed by atoms with van der Waals surface area (Å²) in [5.74, 6) is 1.10. The number of likely N-dealkylation sites (tertiary alicyclic amines) is 1. The number of nitrogens with zero attached hydrogens (tertiary/aromatic N) is 6. The second-order valence-corrected chi connectivity index (χ2v) is 9.14. The molecule has 0 unspecified atom stereocenters. The lowest BCUT2D eigenvalue weighted by Crippen LogP contribution is -2.55. The maximum Gasteiger partial charge on any atom is 0.409 e. The van der Waals surface area contributed by atoms with E-state index in [0.29, 0.717) is 45.0 Å². The van der Waals surface area contributed by atoms with E-state index in [1.54, 1.807) is 35.5 Å². The van der Waals surface area contributed by atoms with Crippen LogP contribution in [0.15, 0.2) is 42.9 Å². The van der Waals surface area contributed by atoms with Crippen LogP contribution in [0.4, 0.5) is 15.5 Å². The average Bonchev–Trinajstić information content (AvgIpc) is 3.52. The highest BCUT2D eigenvalue weighted by molar-refractivity contribution is 5.94. The van der Waals surface area contributed by atoms with Crippen LogP contribution in [0.5, 0.6) is 5.75 Å². The number of aromatic nitrogens is 4. The van der Waals surface area contributed by atoms with Crippen LogP contribution in [0.1, 0.15) is 24.1 Å². The zero-order valence-electron chi connectivity index (χ0n) is 20.6. The monoisotopic (exact) mass is 491 g/mol. The Morgan fingerprint density at radius 1 is 1.19 bits per heavy atom. The van der Waals surface area contributed by atoms with Gasteiger partial charge in [0.15, 0.2) is 0 Å². The predicted molar refractivity (Wildman–Crippen MR) is 132 cm³/mol. The summed E-state index contributed by atoms with van der Waals surface area (Å²) in [5, 5.41) is 6.80. The van der Waals surface area contributed by atoms with E-state index < -0.39 is 5.54 Å². The smallest absolute Gasteiger partial charge is 0.409 e. The average molecular weight is 492 g/mol. The Bertz CT molecular complexity index is 1260. The Labute approximate surface area is 209 Å². The van der Waals surface area contributed by atoms with Gasteiger partial charge < -0.3 is 19.3 Å². The second-order valence-electron chi connectivity index (χ2n) is 9.14. The lowest BCUT2D eigenvalue weighted by Gasteiger charge is -2.43. The normalized spacial score (nSPS) is 17.1. The van der Waals surface area contributed by atoms with Crippen LogP contribution in [0, 0.1) is 6.92 Å². The number of urea groups is 1. The van der Waals surface area contributed by atoms with Crippen molar-refractivity contribution in [2.45, 2.75) is 31.8 Å². The van der Waals surface area contributed by atoms with Gasteiger partial charge in [-0.2, -0.15) is 5.10 Å². The van der Waals surface area contributed by atoms with Crippen LogP contribution in [0.25, 0.3) is 11.1 Å². The predicted octanol–water partition coefficient (Wildman–Crippen LogP) is 3.23. The lowest BCUT2D eigenvalue weighted by atomic mass is 9.86. The van der Waals surface area contributed by atoms with Gasteiger partial charge in [0.05, 0.1) is 38.2 Å². The van der Waals surface area contributed by atoms with Crippen molar-refractivity contribution in [2.75, 3.05) is 38.8 Å². The molecule has 1 N–H and O–H groups in total. The first-order valence-electron chi connectivity index (χ1n) is 11.8. The number of rotatable bonds is 5. The largest absolute Gasteiger partial charge is 0.497 e. The van der Waals surface area contributed by atoms with Crippen molar-refractivity contribution >= 4 is 18.1 Å². The van der Waals surface area contributed by atoms with E-state index >= 15 is 0 Å². The maximum atomic E-state index is 13.9. The number of carbonyl (C=O) groups is 2. The number of H-pyrrole nitrogens is 1. The van der Waals surface area contributed by atoms with Crippen molar-refractivity contribution < 1.29 is 19.1 Å². The SMILES string of the molecule is COC(=O)N1CCC2(CC1)CN(c1ncc(-c3cn[nH]c3)c(C)n1)C(=O)N2Cc1cccc(OC)c1. The van der Waals surface area contributed by atoms with E-state index in [1.807, 2.05) is 36.1 Å². The van der Waals surface area contributed by atoms with E-state index in [1.165, 1.54) is 7.11 Å². The number of hydrogen-bond acceptors (Lipinski definition) is 7. The van der Waals surface area contributed by atoms with Crippen molar-refractivity contribution in [3.63, 3.8) is 0 Å². The lowest BCUT2D eigenvalue weighted by molar-refractivity contribution is 0.0615. The van der Waals surface area contributed by atoms with Gasteiger partial charge in [-0.15, -0.1) is 0 Å². The Morgan fingerprint density at radius 2 is 2.00 bits per heavy atom. The first-order valence-corrected chi connectivity index (χ1v) is 11.8. The zero-order valence-corrected chi connectivity index (χ0v) is 20.6. The molecule has 3 aromatic rings. The van der Waals surface area contributed by atoms with Crippen molar-refractivity contribution in [2.24, 2.45) is 0 Å². The number of piperidine rings is 1. The number of nitrogens with one attached hydrogen (secondary N) is 1. The summed E-state index contributed by atoms with van der Waals surface area (Å²) in [7, 11) is 3.01. The van der Waals surface area contributed by atoms with Gasteiger partial charge in [0, 0.05) is 43.2 Å². The van der Waals surface area contributed by atoms with Crippen LogP contribution >= 0.6 is 0 Å². The first-order chi connectivity index (χ1) is 17.4. The highest BCUT2D eigenvalue weighted by Gasteiger charge is 2.52. The standard InChI is InChI=1S/C25H29N7O4/c1-17-21(19-12-27-28-13-19)14-26-22(29-17)31-16-25(7-9-30(10-8-25)24(34)36-3)32(23(31)33)15-18-5-4-6-20(11-18)35-2/h4-6,11-14H,7-10,15-16H2,1-3H3,(H,27,28). The van der Waals surface area contributed by atoms with E-state index in [4.69, 9.17) is 9.47 Å². The Morgan fingerprint density at radius 3 is 2.67 bits per heavy atom. The summed E-state index contributed by atoms with van der Waals surface area (Å²) in [4.78, 5) is 40.4. The minimum Gasteiger partial charge on any atom is -0.497 e. The van der Waals surface area contributed by atoms with E-state index in [-0.39, 0.29) is 12.1 Å². The molecule has 0 bridgehead atoms. The van der Waals surface area contributed by atoms with Crippen LogP contribution in [0.2, 0.25) is 0 Å². The van der Waals surface area contributed by atoms with Crippen LogP contribution in [-0.4, -0.2) is 81.5 Å². The molecule has 11 heteroatoms. The van der Waals surface area contributed by atoms with Gasteiger partial charge in [-0.1, -0.05) is 12.1 Å². The minimum absolute atomic E-state index is 0.153. The van der Waals surface area contributed by atoms with Crippen LogP contribution in [-0.2, 0) is 11.3 Å². The summed E-state index contributed by atoms with van der Waals surface area (Å²) >= 11 is 0. The molecule has 1 spiro atoms. The van der Waals surface area contributed by atoms with E-state index in [0.717, 1.165) is 28.1 Å². The molecule has 3 amide bonds. The molecular weight excluding hydrogens is 462 g/mol. The topological polar surface area (TPSA) is 117 Å². The summed E-state index contributed by atoms with van der Waals surface area (Å²) < 4.78 is 10.3. The third-order valence-electron chi connectivity index (χ3n) is 7.11. The molecule has 2 fully saturated rings. The molecule has 2 aliphatic rings. The van der Waals surface area contributed by atoms with Crippen molar-refractivity contribution in [1.82, 2.24) is 30.0 Å². The Kier molecular flexibility index (Phi) is 6.21. The van der Waals surface area contributed by atoms with Gasteiger partial charge in [-0.25, -0.2) is 19.6 Å². The summed E-state index contributed by atoms with van der Waals surface area (Å²) in [6, 6.07) is 7.56. The maximum absolute atomic E-state index is 13.9. The molecule has 0 aliphatic carbocycles. The number of ether oxygens (including phenoxy) is 2. The molecule has 2 aromatic heterocycles. The van der Waals surface area contributed by atoms with Gasteiger partial charge in [0.2, 0.25) is 5.95 Å². The highest BCUT2D eigenvalue weighted by atomic mass is 16.5. The molecule has 188 valence electrons. The number of anilines is 1. The second kappa shape index (κ2) is 9.48. The minimum atomic E-state index is -0.467. The third kappa shape index (κ3) is 4.21. The number of benzene rings is 1. The third-order valence-corrected chi connectivity index (χ3v) is 7.11. The van der Waals surface area contributed by atoms with E-state index in [2.05, 4.69) is 20.2 Å². The number of methoxy groups -OCH3 is 2. The quantitative estimate of drug-likeness (QED) is 0.582. The summed E-state index contributed by atoms with van der Waals surface area (Å²) in [5.41, 5.74) is 3.00. The number of aromatic amines is 1. The van der Waals surface area contributed by atoms with Crippen molar-refractivity contribution in [3.05, 3.63) is 54.1 Å². The van der Waals surface area contributed by atoms with Crippen LogP contribution < -0.4 is 9.64 Å². The van der Waals surface area contributed by atoms with Crippen LogP contribution in [0.3, 0.4) is 0 Å². The van der Waals surface area contributed by atoms with Gasteiger partial charge in [0.25, 0.3) is 0 Å². The molecule has 11 nitrogen and oxygen atoms in total. The molecule has 4 heterocycles. The fourth-order valence-electron chi connectivity index (χ4n) is 5.07. The summed E-state index contributed by atoms with van der Waals surface area (Å²) in [6.07, 6.45) is 6.13. The molecule has 2 aliphatic heterocycles. The van der Waals surface area contributed by atoms with Gasteiger partial charge in [-0.05, 0) is 37.5 Å². The molecule has 1 aromatic carbocycles. The molecular formula is C25H29N7O4. The summed E-state index contributed by atoms with van der Waals surface area (Å²) in [6.45, 7) is 3.75. The van der Waals surface area contributed by atoms with Crippen molar-refractivity contribution in [3.8, 4) is 16.9 Å². The van der Waals surface area contributed by atoms with Gasteiger partial charge in [-0.3, -0.25) is 10.00 Å². The molecule has 5 rings (SSSR count). The van der Waals surface area contributed by atoms with Gasteiger partial charge in [0.1, 0.15) is 5.75 Å². The van der Waals surface area contributed by atoms with Crippen molar-refractivity contribution in [1.29, 1.82) is 0 Å². The fourth-order valence-corrected chi connectivity index (χ4v) is 5.07. The van der Waals surface area contributed by atoms with Gasteiger partial charge >= 0.3 is 12.1 Å². The number of aryl methyl sites for hydroxylation is 1. The first kappa shape index (κ1) is 23.6. The Hall–Kier alpha value is -4.15. The molecule has 0 radical (unpaired) electrons. The number of amides is 3. The number of hydrogen-bond donors (Lipinski definition) is 1. The number of carbonyl (C=O) groups excluding carboxylic acids is 2. The fraction of sp³-hybridized carbons (Fsp3) is 0.400. The molecule has 36 heavy (non-hydrogen) atoms. The molecule has 2 saturated heterocycles. The molecule has 0 atom stereocenters. The zero-order chi connectivity index (χ0) is 25.3. The molecule has 0 saturated carbocycles. The highest BCUT2D eigenvalue weighted by Crippen LogP contribution is 2.39. The Balaban J connectivity index is 1.46. The van der Waals surface area contributed by atoms with E-state index in [9.17, 15) is 9.59 Å².